The lowest BCUT2D eigenvalue weighted by Crippen LogP contribution is -2.46. The Labute approximate surface area is 212 Å². The van der Waals surface area contributed by atoms with E-state index in [1.54, 1.807) is 19.2 Å². The van der Waals surface area contributed by atoms with Crippen molar-refractivity contribution in [2.45, 2.75) is 31.8 Å². The van der Waals surface area contributed by atoms with E-state index in [-0.39, 0.29) is 30.6 Å². The molecule has 8 nitrogen and oxygen atoms in total. The number of nitrogens with one attached hydrogen (secondary N) is 2. The van der Waals surface area contributed by atoms with Crippen LogP contribution in [-0.4, -0.2) is 53.4 Å². The van der Waals surface area contributed by atoms with E-state index in [1.165, 1.54) is 41.4 Å². The van der Waals surface area contributed by atoms with Crippen molar-refractivity contribution in [3.8, 4) is 0 Å². The normalized spacial score (nSPS) is 11.7. The molecule has 0 unspecified atom stereocenters. The number of hydrogen-bond donors (Lipinski definition) is 3. The number of unbranched alkanes of at least 4 members (excludes halogenated alkanes) is 1. The molecule has 0 saturated carbocycles. The van der Waals surface area contributed by atoms with Crippen LogP contribution in [-0.2, 0) is 11.3 Å². The highest BCUT2D eigenvalue weighted by Gasteiger charge is 2.22. The molecule has 36 heavy (non-hydrogen) atoms. The Morgan fingerprint density at radius 2 is 1.97 bits per heavy atom. The molecule has 0 spiro atoms. The monoisotopic (exact) mass is 520 g/mol. The molecule has 11 heteroatoms. The Balaban J connectivity index is 1.58. The Hall–Kier alpha value is -3.50. The number of rotatable bonds is 10. The van der Waals surface area contributed by atoms with Crippen LogP contribution < -0.4 is 10.6 Å². The predicted octanol–water partition coefficient (Wildman–Crippen LogP) is 5.09. The summed E-state index contributed by atoms with van der Waals surface area (Å²) in [6, 6.07) is 9.12. The SMILES string of the molecule is CN(C(=O)NCc1cccc(F)c1Cl)[C@@H](CCCCO)COC(=O)Nc1cc2cc(F)ccc2cn1. The van der Waals surface area contributed by atoms with Gasteiger partial charge >= 0.3 is 12.1 Å². The first kappa shape index (κ1) is 27.1. The molecule has 2 aromatic carbocycles. The van der Waals surface area contributed by atoms with Gasteiger partial charge in [-0.2, -0.15) is 0 Å². The molecule has 0 aliphatic heterocycles. The first-order valence-electron chi connectivity index (χ1n) is 11.3. The van der Waals surface area contributed by atoms with Gasteiger partial charge in [-0.25, -0.2) is 23.4 Å². The van der Waals surface area contributed by atoms with Crippen LogP contribution in [0.5, 0.6) is 0 Å². The summed E-state index contributed by atoms with van der Waals surface area (Å²) in [6.45, 7) is -0.112. The van der Waals surface area contributed by atoms with Gasteiger partial charge < -0.3 is 20.1 Å². The number of hydrogen-bond acceptors (Lipinski definition) is 5. The van der Waals surface area contributed by atoms with Crippen LogP contribution in [0, 0.1) is 11.6 Å². The molecule has 3 amide bonds. The number of anilines is 1. The minimum atomic E-state index is -0.786. The second-order valence-electron chi connectivity index (χ2n) is 8.14. The quantitative estimate of drug-likeness (QED) is 0.323. The summed E-state index contributed by atoms with van der Waals surface area (Å²) in [4.78, 5) is 30.6. The molecule has 0 radical (unpaired) electrons. The lowest BCUT2D eigenvalue weighted by atomic mass is 10.1. The maximum atomic E-state index is 13.6. The third-order valence-corrected chi connectivity index (χ3v) is 6.02. The van der Waals surface area contributed by atoms with Gasteiger partial charge in [-0.1, -0.05) is 23.7 Å². The number of fused-ring (bicyclic) bond motifs is 1. The summed E-state index contributed by atoms with van der Waals surface area (Å²) < 4.78 is 32.5. The number of halogens is 3. The molecule has 1 aromatic heterocycles. The summed E-state index contributed by atoms with van der Waals surface area (Å²) in [5.41, 5.74) is 0.425. The fourth-order valence-corrected chi connectivity index (χ4v) is 3.71. The summed E-state index contributed by atoms with van der Waals surface area (Å²) in [7, 11) is 1.55. The summed E-state index contributed by atoms with van der Waals surface area (Å²) >= 11 is 5.94. The van der Waals surface area contributed by atoms with E-state index in [0.717, 1.165) is 0 Å². The summed E-state index contributed by atoms with van der Waals surface area (Å²) in [6.07, 6.45) is 2.30. The van der Waals surface area contributed by atoms with Crippen molar-refractivity contribution >= 4 is 40.3 Å². The number of aliphatic hydroxyl groups excluding tert-OH is 1. The van der Waals surface area contributed by atoms with Gasteiger partial charge in [0.05, 0.1) is 11.1 Å². The molecule has 0 aliphatic carbocycles. The number of amides is 3. The molecule has 0 fully saturated rings. The van der Waals surface area contributed by atoms with E-state index in [2.05, 4.69) is 15.6 Å². The second kappa shape index (κ2) is 13.0. The largest absolute Gasteiger partial charge is 0.447 e. The average Bonchev–Trinajstić information content (AvgIpc) is 2.86. The zero-order chi connectivity index (χ0) is 26.1. The van der Waals surface area contributed by atoms with Crippen LogP contribution >= 0.6 is 11.6 Å². The fraction of sp³-hybridized carbons (Fsp3) is 0.320. The number of carbonyl (C=O) groups is 2. The van der Waals surface area contributed by atoms with Gasteiger partial charge in [0.1, 0.15) is 24.1 Å². The van der Waals surface area contributed by atoms with E-state index >= 15 is 0 Å². The number of urea groups is 1. The van der Waals surface area contributed by atoms with Crippen molar-refractivity contribution < 1.29 is 28.2 Å². The molecule has 0 saturated heterocycles. The Morgan fingerprint density at radius 3 is 2.75 bits per heavy atom. The average molecular weight is 521 g/mol. The van der Waals surface area contributed by atoms with E-state index < -0.39 is 29.8 Å². The van der Waals surface area contributed by atoms with Crippen LogP contribution in [0.25, 0.3) is 10.8 Å². The van der Waals surface area contributed by atoms with Crippen molar-refractivity contribution in [3.63, 3.8) is 0 Å². The Bertz CT molecular complexity index is 1210. The first-order valence-corrected chi connectivity index (χ1v) is 11.7. The van der Waals surface area contributed by atoms with Crippen molar-refractivity contribution in [3.05, 3.63) is 70.9 Å². The van der Waals surface area contributed by atoms with Crippen LogP contribution in [0.3, 0.4) is 0 Å². The first-order chi connectivity index (χ1) is 17.3. The molecule has 192 valence electrons. The van der Waals surface area contributed by atoms with E-state index in [9.17, 15) is 18.4 Å². The molecule has 0 bridgehead atoms. The van der Waals surface area contributed by atoms with Gasteiger partial charge in [-0.15, -0.1) is 0 Å². The number of pyridine rings is 1. The molecule has 3 N–H and O–H groups in total. The van der Waals surface area contributed by atoms with Crippen LogP contribution in [0.4, 0.5) is 24.2 Å². The van der Waals surface area contributed by atoms with Crippen LogP contribution in [0.2, 0.25) is 5.02 Å². The minimum Gasteiger partial charge on any atom is -0.447 e. The third-order valence-electron chi connectivity index (χ3n) is 5.60. The van der Waals surface area contributed by atoms with Crippen LogP contribution in [0.1, 0.15) is 24.8 Å². The molecule has 1 heterocycles. The maximum absolute atomic E-state index is 13.6. The molecule has 3 rings (SSSR count). The minimum absolute atomic E-state index is 0.00370. The fourth-order valence-electron chi connectivity index (χ4n) is 3.52. The third kappa shape index (κ3) is 7.50. The molecule has 0 aliphatic rings. The predicted molar refractivity (Wildman–Crippen MR) is 133 cm³/mol. The molecular formula is C25H27ClF2N4O4. The van der Waals surface area contributed by atoms with Crippen molar-refractivity contribution in [2.24, 2.45) is 0 Å². The zero-order valence-electron chi connectivity index (χ0n) is 19.6. The summed E-state index contributed by atoms with van der Waals surface area (Å²) in [5.74, 6) is -0.800. The van der Waals surface area contributed by atoms with Gasteiger partial charge in [-0.05, 0) is 60.5 Å². The number of aliphatic hydroxyl groups is 1. The van der Waals surface area contributed by atoms with Crippen molar-refractivity contribution in [2.75, 3.05) is 25.6 Å². The van der Waals surface area contributed by atoms with E-state index in [1.807, 2.05) is 0 Å². The van der Waals surface area contributed by atoms with Gasteiger partial charge in [0, 0.05) is 31.8 Å². The van der Waals surface area contributed by atoms with Gasteiger partial charge in [-0.3, -0.25) is 5.32 Å². The number of aromatic nitrogens is 1. The van der Waals surface area contributed by atoms with E-state index in [0.29, 0.717) is 35.6 Å². The van der Waals surface area contributed by atoms with Crippen LogP contribution in [0.15, 0.2) is 48.7 Å². The van der Waals surface area contributed by atoms with Crippen molar-refractivity contribution in [1.82, 2.24) is 15.2 Å². The molecule has 1 atom stereocenters. The zero-order valence-corrected chi connectivity index (χ0v) is 20.4. The highest BCUT2D eigenvalue weighted by Crippen LogP contribution is 2.20. The maximum Gasteiger partial charge on any atom is 0.412 e. The number of nitrogens with zero attached hydrogens (tertiary/aromatic N) is 2. The highest BCUT2D eigenvalue weighted by atomic mass is 35.5. The number of ether oxygens (including phenoxy) is 1. The summed E-state index contributed by atoms with van der Waals surface area (Å²) in [5, 5.41) is 15.5. The molecular weight excluding hydrogens is 494 g/mol. The highest BCUT2D eigenvalue weighted by molar-refractivity contribution is 6.31. The van der Waals surface area contributed by atoms with Gasteiger partial charge in [0.25, 0.3) is 0 Å². The lowest BCUT2D eigenvalue weighted by Gasteiger charge is -2.28. The number of benzene rings is 2. The Kier molecular flexibility index (Phi) is 9.77. The second-order valence-corrected chi connectivity index (χ2v) is 8.52. The molecule has 3 aromatic rings. The standard InChI is InChI=1S/C25H27ClF2N4O4/c1-32(24(34)30-14-17-5-4-7-21(28)23(17)26)20(6-2-3-10-33)15-36-25(35)31-22-12-18-11-19(27)9-8-16(18)13-29-22/h4-5,7-9,11-13,20,33H,2-3,6,10,14-15H2,1H3,(H,30,34)(H,29,31,35)/t20-/m0/s1. The van der Waals surface area contributed by atoms with E-state index in [4.69, 9.17) is 21.4 Å². The van der Waals surface area contributed by atoms with Gasteiger partial charge in [0.2, 0.25) is 0 Å². The Morgan fingerprint density at radius 1 is 1.17 bits per heavy atom. The number of likely N-dealkylation sites (N-methyl/N-ethyl adjacent to an activating group) is 1. The van der Waals surface area contributed by atoms with Gasteiger partial charge in [0.15, 0.2) is 0 Å². The van der Waals surface area contributed by atoms with Crippen molar-refractivity contribution in [1.29, 1.82) is 0 Å². The smallest absolute Gasteiger partial charge is 0.412 e. The topological polar surface area (TPSA) is 104 Å². The lowest BCUT2D eigenvalue weighted by molar-refractivity contribution is 0.112. The number of carbonyl (C=O) groups excluding carboxylic acids is 2.